The molecule has 3 aromatic carbocycles. The molecule has 0 saturated carbocycles. The number of ether oxygens (including phenoxy) is 1. The molecule has 168 valence electrons. The second-order valence-electron chi connectivity index (χ2n) is 7.29. The highest BCUT2D eigenvalue weighted by Gasteiger charge is 2.19. The van der Waals surface area contributed by atoms with E-state index in [1.807, 2.05) is 60.9 Å². The zero-order valence-electron chi connectivity index (χ0n) is 18.4. The third kappa shape index (κ3) is 5.35. The fourth-order valence-corrected chi connectivity index (χ4v) is 4.01. The van der Waals surface area contributed by atoms with Crippen LogP contribution in [0.2, 0.25) is 0 Å². The van der Waals surface area contributed by atoms with E-state index in [-0.39, 0.29) is 17.4 Å². The van der Waals surface area contributed by atoms with E-state index in [1.165, 1.54) is 11.8 Å². The van der Waals surface area contributed by atoms with Crippen molar-refractivity contribution in [1.29, 1.82) is 0 Å². The Hall–Kier alpha value is -3.78. The number of nitrogens with zero attached hydrogens (tertiary/aromatic N) is 3. The molecule has 0 atom stereocenters. The van der Waals surface area contributed by atoms with E-state index in [4.69, 9.17) is 4.74 Å². The summed E-state index contributed by atoms with van der Waals surface area (Å²) in [5, 5.41) is 22.4. The SMILES string of the molecule is CCOc1ccc(NC(=O)CSc2nnc(-c3ccccc3O)n2-c2ccc(C)cc2)cc1. The van der Waals surface area contributed by atoms with Crippen LogP contribution in [0, 0.1) is 6.92 Å². The Balaban J connectivity index is 1.55. The average Bonchev–Trinajstić information content (AvgIpc) is 3.24. The molecule has 0 saturated heterocycles. The number of hydrogen-bond donors (Lipinski definition) is 2. The molecular weight excluding hydrogens is 436 g/mol. The van der Waals surface area contributed by atoms with Gasteiger partial charge in [0.25, 0.3) is 0 Å². The number of carbonyl (C=O) groups is 1. The summed E-state index contributed by atoms with van der Waals surface area (Å²) in [4.78, 5) is 12.6. The highest BCUT2D eigenvalue weighted by Crippen LogP contribution is 2.32. The lowest BCUT2D eigenvalue weighted by Gasteiger charge is -2.12. The third-order valence-corrected chi connectivity index (χ3v) is 5.78. The van der Waals surface area contributed by atoms with Gasteiger partial charge in [-0.1, -0.05) is 41.6 Å². The van der Waals surface area contributed by atoms with E-state index in [9.17, 15) is 9.90 Å². The number of nitrogens with one attached hydrogen (secondary N) is 1. The monoisotopic (exact) mass is 460 g/mol. The summed E-state index contributed by atoms with van der Waals surface area (Å²) in [5.74, 6) is 1.37. The molecule has 0 aliphatic heterocycles. The quantitative estimate of drug-likeness (QED) is 0.357. The average molecular weight is 461 g/mol. The number of aromatic nitrogens is 3. The van der Waals surface area contributed by atoms with Crippen LogP contribution in [0.5, 0.6) is 11.5 Å². The summed E-state index contributed by atoms with van der Waals surface area (Å²) >= 11 is 1.28. The number of anilines is 1. The Labute approximate surface area is 196 Å². The fraction of sp³-hybridized carbons (Fsp3) is 0.160. The Morgan fingerprint density at radius 1 is 1.03 bits per heavy atom. The van der Waals surface area contributed by atoms with Crippen molar-refractivity contribution in [1.82, 2.24) is 14.8 Å². The number of para-hydroxylation sites is 1. The van der Waals surface area contributed by atoms with Crippen LogP contribution in [-0.4, -0.2) is 38.1 Å². The lowest BCUT2D eigenvalue weighted by Crippen LogP contribution is -2.14. The Morgan fingerprint density at radius 2 is 1.76 bits per heavy atom. The van der Waals surface area contributed by atoms with Gasteiger partial charge in [0.15, 0.2) is 11.0 Å². The maximum atomic E-state index is 12.6. The van der Waals surface area contributed by atoms with Crippen molar-refractivity contribution in [3.63, 3.8) is 0 Å². The molecule has 0 aliphatic rings. The molecular formula is C25H24N4O3S. The highest BCUT2D eigenvalue weighted by molar-refractivity contribution is 7.99. The third-order valence-electron chi connectivity index (χ3n) is 4.85. The van der Waals surface area contributed by atoms with E-state index in [0.717, 1.165) is 17.0 Å². The second-order valence-corrected chi connectivity index (χ2v) is 8.23. The summed E-state index contributed by atoms with van der Waals surface area (Å²) in [5.41, 5.74) is 3.23. The first-order valence-corrected chi connectivity index (χ1v) is 11.5. The van der Waals surface area contributed by atoms with Gasteiger partial charge in [-0.2, -0.15) is 0 Å². The molecule has 2 N–H and O–H groups in total. The molecule has 0 spiro atoms. The number of aryl methyl sites for hydroxylation is 1. The number of phenols is 1. The van der Waals surface area contributed by atoms with Crippen LogP contribution in [0.3, 0.4) is 0 Å². The van der Waals surface area contributed by atoms with Crippen LogP contribution in [0.25, 0.3) is 17.1 Å². The molecule has 0 aliphatic carbocycles. The number of thioether (sulfide) groups is 1. The van der Waals surface area contributed by atoms with E-state index < -0.39 is 0 Å². The molecule has 4 aromatic rings. The van der Waals surface area contributed by atoms with E-state index in [1.54, 1.807) is 30.3 Å². The summed E-state index contributed by atoms with van der Waals surface area (Å²) < 4.78 is 7.28. The zero-order chi connectivity index (χ0) is 23.2. The van der Waals surface area contributed by atoms with E-state index in [2.05, 4.69) is 15.5 Å². The minimum absolute atomic E-state index is 0.114. The van der Waals surface area contributed by atoms with Crippen molar-refractivity contribution in [3.8, 4) is 28.6 Å². The second kappa shape index (κ2) is 10.2. The molecule has 1 amide bonds. The van der Waals surface area contributed by atoms with Gasteiger partial charge >= 0.3 is 0 Å². The molecule has 33 heavy (non-hydrogen) atoms. The van der Waals surface area contributed by atoms with Crippen LogP contribution in [0.1, 0.15) is 12.5 Å². The number of carbonyl (C=O) groups excluding carboxylic acids is 1. The van der Waals surface area contributed by atoms with Crippen molar-refractivity contribution in [2.45, 2.75) is 19.0 Å². The van der Waals surface area contributed by atoms with Crippen molar-refractivity contribution in [3.05, 3.63) is 78.4 Å². The van der Waals surface area contributed by atoms with Gasteiger partial charge in [0.1, 0.15) is 11.5 Å². The van der Waals surface area contributed by atoms with Crippen LogP contribution < -0.4 is 10.1 Å². The standard InChI is InChI=1S/C25H24N4O3S/c1-3-32-20-14-10-18(11-15-20)26-23(31)16-33-25-28-27-24(21-6-4-5-7-22(21)30)29(25)19-12-8-17(2)9-13-19/h4-15,30H,3,16H2,1-2H3,(H,26,31). The van der Waals surface area contributed by atoms with Gasteiger partial charge in [-0.05, 0) is 62.4 Å². The summed E-state index contributed by atoms with van der Waals surface area (Å²) in [6.07, 6.45) is 0. The van der Waals surface area contributed by atoms with E-state index >= 15 is 0 Å². The number of aromatic hydroxyl groups is 1. The van der Waals surface area contributed by atoms with Gasteiger partial charge < -0.3 is 15.2 Å². The first-order chi connectivity index (χ1) is 16.0. The maximum Gasteiger partial charge on any atom is 0.234 e. The molecule has 0 fully saturated rings. The number of benzene rings is 3. The van der Waals surface area contributed by atoms with Gasteiger partial charge in [-0.3, -0.25) is 9.36 Å². The molecule has 1 heterocycles. The van der Waals surface area contributed by atoms with Gasteiger partial charge in [0.2, 0.25) is 5.91 Å². The Kier molecular flexibility index (Phi) is 6.95. The van der Waals surface area contributed by atoms with Gasteiger partial charge in [0, 0.05) is 11.4 Å². The lowest BCUT2D eigenvalue weighted by molar-refractivity contribution is -0.113. The molecule has 0 radical (unpaired) electrons. The zero-order valence-corrected chi connectivity index (χ0v) is 19.2. The van der Waals surface area contributed by atoms with Crippen molar-refractivity contribution in [2.75, 3.05) is 17.7 Å². The normalized spacial score (nSPS) is 10.7. The van der Waals surface area contributed by atoms with Crippen molar-refractivity contribution in [2.24, 2.45) is 0 Å². The van der Waals surface area contributed by atoms with Gasteiger partial charge in [0.05, 0.1) is 17.9 Å². The predicted molar refractivity (Wildman–Crippen MR) is 130 cm³/mol. The molecule has 0 unspecified atom stereocenters. The Morgan fingerprint density at radius 3 is 2.45 bits per heavy atom. The molecule has 1 aromatic heterocycles. The topological polar surface area (TPSA) is 89.3 Å². The maximum absolute atomic E-state index is 12.6. The smallest absolute Gasteiger partial charge is 0.234 e. The van der Waals surface area contributed by atoms with Crippen LogP contribution in [-0.2, 0) is 4.79 Å². The Bertz CT molecular complexity index is 1240. The van der Waals surface area contributed by atoms with Crippen LogP contribution >= 0.6 is 11.8 Å². The number of rotatable bonds is 8. The fourth-order valence-electron chi connectivity index (χ4n) is 3.26. The van der Waals surface area contributed by atoms with Gasteiger partial charge in [-0.15, -0.1) is 10.2 Å². The summed E-state index contributed by atoms with van der Waals surface area (Å²) in [6, 6.07) is 22.2. The first kappa shape index (κ1) is 22.4. The van der Waals surface area contributed by atoms with Gasteiger partial charge in [-0.25, -0.2) is 0 Å². The predicted octanol–water partition coefficient (Wildman–Crippen LogP) is 5.08. The highest BCUT2D eigenvalue weighted by atomic mass is 32.2. The molecule has 0 bridgehead atoms. The molecule has 4 rings (SSSR count). The van der Waals surface area contributed by atoms with E-state index in [0.29, 0.717) is 28.8 Å². The number of phenolic OH excluding ortho intramolecular Hbond substituents is 1. The van der Waals surface area contributed by atoms with Crippen LogP contribution in [0.15, 0.2) is 78.0 Å². The molecule has 7 nitrogen and oxygen atoms in total. The number of hydrogen-bond acceptors (Lipinski definition) is 6. The molecule has 8 heteroatoms. The van der Waals surface area contributed by atoms with Crippen LogP contribution in [0.4, 0.5) is 5.69 Å². The first-order valence-electron chi connectivity index (χ1n) is 10.5. The minimum Gasteiger partial charge on any atom is -0.507 e. The van der Waals surface area contributed by atoms with Crippen molar-refractivity contribution >= 4 is 23.4 Å². The summed E-state index contributed by atoms with van der Waals surface area (Å²) in [6.45, 7) is 4.53. The number of amides is 1. The summed E-state index contributed by atoms with van der Waals surface area (Å²) in [7, 11) is 0. The minimum atomic E-state index is -0.160. The largest absolute Gasteiger partial charge is 0.507 e. The lowest BCUT2D eigenvalue weighted by atomic mass is 10.1. The van der Waals surface area contributed by atoms with Crippen molar-refractivity contribution < 1.29 is 14.6 Å².